The van der Waals surface area contributed by atoms with Crippen molar-refractivity contribution in [2.45, 2.75) is 57.7 Å². The van der Waals surface area contributed by atoms with Gasteiger partial charge >= 0.3 is 0 Å². The van der Waals surface area contributed by atoms with E-state index in [1.165, 1.54) is 0 Å². The lowest BCUT2D eigenvalue weighted by molar-refractivity contribution is 0.520. The number of nitrogens with zero attached hydrogens (tertiary/aromatic N) is 3. The van der Waals surface area contributed by atoms with E-state index in [2.05, 4.69) is 29.0 Å². The molecule has 20 heavy (non-hydrogen) atoms. The predicted octanol–water partition coefficient (Wildman–Crippen LogP) is 1.54. The van der Waals surface area contributed by atoms with Crippen molar-refractivity contribution in [2.24, 2.45) is 0 Å². The molecule has 1 unspecified atom stereocenters. The van der Waals surface area contributed by atoms with Crippen molar-refractivity contribution in [2.75, 3.05) is 18.0 Å². The molecule has 2 heterocycles. The van der Waals surface area contributed by atoms with Gasteiger partial charge in [-0.15, -0.1) is 0 Å². The highest BCUT2D eigenvalue weighted by molar-refractivity contribution is 5.39. The molecule has 1 N–H and O–H groups in total. The number of rotatable bonds is 5. The van der Waals surface area contributed by atoms with Gasteiger partial charge in [0.15, 0.2) is 5.82 Å². The fourth-order valence-corrected chi connectivity index (χ4v) is 2.95. The average Bonchev–Trinajstić information content (AvgIpc) is 3.15. The Balaban J connectivity index is 1.80. The molecule has 0 aromatic carbocycles. The van der Waals surface area contributed by atoms with Crippen molar-refractivity contribution in [1.82, 2.24) is 14.9 Å². The fourth-order valence-electron chi connectivity index (χ4n) is 2.95. The lowest BCUT2D eigenvalue weighted by Crippen LogP contribution is -2.43. The summed E-state index contributed by atoms with van der Waals surface area (Å²) in [4.78, 5) is 19.1. The largest absolute Gasteiger partial charge is 0.348 e. The highest BCUT2D eigenvalue weighted by Gasteiger charge is 2.30. The summed E-state index contributed by atoms with van der Waals surface area (Å²) in [5.74, 6) is 0.646. The third-order valence-corrected chi connectivity index (χ3v) is 4.20. The first-order valence-corrected chi connectivity index (χ1v) is 7.74. The third-order valence-electron chi connectivity index (χ3n) is 4.20. The fraction of sp³-hybridized carbons (Fsp3) is 0.733. The Bertz CT molecular complexity index is 521. The summed E-state index contributed by atoms with van der Waals surface area (Å²) < 4.78 is 1.87. The van der Waals surface area contributed by atoms with Crippen molar-refractivity contribution >= 4 is 5.82 Å². The smallest absolute Gasteiger partial charge is 0.293 e. The van der Waals surface area contributed by atoms with Gasteiger partial charge in [-0.1, -0.05) is 13.8 Å². The SMILES string of the molecule is CC(C)NCC1CCCN1c1nccn(C2CC2)c1=O. The van der Waals surface area contributed by atoms with Gasteiger partial charge in [-0.3, -0.25) is 4.79 Å². The van der Waals surface area contributed by atoms with E-state index in [0.717, 1.165) is 38.8 Å². The van der Waals surface area contributed by atoms with Crippen LogP contribution in [0.25, 0.3) is 0 Å². The van der Waals surface area contributed by atoms with Gasteiger partial charge in [-0.25, -0.2) is 4.98 Å². The monoisotopic (exact) mass is 276 g/mol. The molecule has 1 atom stereocenters. The number of anilines is 1. The van der Waals surface area contributed by atoms with Crippen molar-refractivity contribution in [1.29, 1.82) is 0 Å². The topological polar surface area (TPSA) is 50.2 Å². The van der Waals surface area contributed by atoms with Gasteiger partial charge in [0.25, 0.3) is 5.56 Å². The minimum atomic E-state index is 0.0893. The Morgan fingerprint density at radius 1 is 1.40 bits per heavy atom. The van der Waals surface area contributed by atoms with E-state index < -0.39 is 0 Å². The van der Waals surface area contributed by atoms with Crippen LogP contribution in [0, 0.1) is 0 Å². The lowest BCUT2D eigenvalue weighted by Gasteiger charge is -2.26. The van der Waals surface area contributed by atoms with Crippen LogP contribution in [0.4, 0.5) is 5.82 Å². The Hall–Kier alpha value is -1.36. The summed E-state index contributed by atoms with van der Waals surface area (Å²) in [5.41, 5.74) is 0.0893. The predicted molar refractivity (Wildman–Crippen MR) is 80.3 cm³/mol. The lowest BCUT2D eigenvalue weighted by atomic mass is 10.2. The molecule has 1 aliphatic carbocycles. The van der Waals surface area contributed by atoms with Crippen LogP contribution in [0.2, 0.25) is 0 Å². The first-order chi connectivity index (χ1) is 9.66. The molecule has 3 rings (SSSR count). The molecule has 0 amide bonds. The van der Waals surface area contributed by atoms with Gasteiger partial charge in [-0.2, -0.15) is 0 Å². The zero-order valence-corrected chi connectivity index (χ0v) is 12.4. The zero-order chi connectivity index (χ0) is 14.1. The minimum absolute atomic E-state index is 0.0893. The molecule has 1 saturated heterocycles. The number of aromatic nitrogens is 2. The van der Waals surface area contributed by atoms with E-state index in [9.17, 15) is 4.79 Å². The summed E-state index contributed by atoms with van der Waals surface area (Å²) in [5, 5.41) is 3.48. The summed E-state index contributed by atoms with van der Waals surface area (Å²) >= 11 is 0. The molecular formula is C15H24N4O. The van der Waals surface area contributed by atoms with E-state index in [1.807, 2.05) is 10.8 Å². The molecule has 1 aliphatic heterocycles. The number of nitrogens with one attached hydrogen (secondary N) is 1. The molecule has 1 aromatic heterocycles. The molecule has 5 heteroatoms. The Morgan fingerprint density at radius 3 is 2.90 bits per heavy atom. The van der Waals surface area contributed by atoms with Gasteiger partial charge in [0.1, 0.15) is 0 Å². The van der Waals surface area contributed by atoms with Gasteiger partial charge in [0, 0.05) is 43.6 Å². The van der Waals surface area contributed by atoms with Crippen molar-refractivity contribution in [3.63, 3.8) is 0 Å². The maximum Gasteiger partial charge on any atom is 0.293 e. The Kier molecular flexibility index (Phi) is 3.78. The van der Waals surface area contributed by atoms with Crippen LogP contribution in [0.3, 0.4) is 0 Å². The van der Waals surface area contributed by atoms with Gasteiger partial charge in [0.2, 0.25) is 0 Å². The molecule has 2 fully saturated rings. The summed E-state index contributed by atoms with van der Waals surface area (Å²) in [6, 6.07) is 1.29. The van der Waals surface area contributed by atoms with Gasteiger partial charge in [-0.05, 0) is 25.7 Å². The quantitative estimate of drug-likeness (QED) is 0.886. The summed E-state index contributed by atoms with van der Waals surface area (Å²) in [6.45, 7) is 6.18. The zero-order valence-electron chi connectivity index (χ0n) is 12.4. The summed E-state index contributed by atoms with van der Waals surface area (Å²) in [7, 11) is 0. The van der Waals surface area contributed by atoms with Gasteiger partial charge < -0.3 is 14.8 Å². The maximum absolute atomic E-state index is 12.6. The molecule has 2 aliphatic rings. The van der Waals surface area contributed by atoms with Crippen LogP contribution in [-0.4, -0.2) is 34.7 Å². The molecular weight excluding hydrogens is 252 g/mol. The van der Waals surface area contributed by atoms with Crippen LogP contribution in [0.15, 0.2) is 17.2 Å². The molecule has 1 aromatic rings. The molecule has 0 radical (unpaired) electrons. The second-order valence-electron chi connectivity index (χ2n) is 6.25. The highest BCUT2D eigenvalue weighted by Crippen LogP contribution is 2.33. The Labute approximate surface area is 120 Å². The van der Waals surface area contributed by atoms with Crippen LogP contribution in [0.1, 0.15) is 45.6 Å². The van der Waals surface area contributed by atoms with Crippen LogP contribution >= 0.6 is 0 Å². The normalized spacial score (nSPS) is 22.8. The highest BCUT2D eigenvalue weighted by atomic mass is 16.1. The molecule has 110 valence electrons. The number of hydrogen-bond donors (Lipinski definition) is 1. The third kappa shape index (κ3) is 2.73. The van der Waals surface area contributed by atoms with Crippen LogP contribution < -0.4 is 15.8 Å². The van der Waals surface area contributed by atoms with Crippen molar-refractivity contribution in [3.8, 4) is 0 Å². The molecule has 0 spiro atoms. The minimum Gasteiger partial charge on any atom is -0.348 e. The first kappa shape index (κ1) is 13.6. The Morgan fingerprint density at radius 2 is 2.20 bits per heavy atom. The molecule has 0 bridgehead atoms. The van der Waals surface area contributed by atoms with E-state index in [-0.39, 0.29) is 5.56 Å². The van der Waals surface area contributed by atoms with Crippen molar-refractivity contribution in [3.05, 3.63) is 22.7 Å². The van der Waals surface area contributed by atoms with E-state index >= 15 is 0 Å². The molecule has 5 nitrogen and oxygen atoms in total. The molecule has 1 saturated carbocycles. The van der Waals surface area contributed by atoms with E-state index in [4.69, 9.17) is 0 Å². The van der Waals surface area contributed by atoms with Gasteiger partial charge in [0.05, 0.1) is 0 Å². The van der Waals surface area contributed by atoms with Crippen molar-refractivity contribution < 1.29 is 0 Å². The average molecular weight is 276 g/mol. The second-order valence-corrected chi connectivity index (χ2v) is 6.25. The first-order valence-electron chi connectivity index (χ1n) is 7.74. The van der Waals surface area contributed by atoms with Crippen LogP contribution in [0.5, 0.6) is 0 Å². The van der Waals surface area contributed by atoms with E-state index in [0.29, 0.717) is 23.9 Å². The maximum atomic E-state index is 12.6. The van der Waals surface area contributed by atoms with Crippen LogP contribution in [-0.2, 0) is 0 Å². The second kappa shape index (κ2) is 5.56. The van der Waals surface area contributed by atoms with E-state index in [1.54, 1.807) is 6.20 Å². The number of hydrogen-bond acceptors (Lipinski definition) is 4. The summed E-state index contributed by atoms with van der Waals surface area (Å²) in [6.07, 6.45) is 8.15. The standard InChI is InChI=1S/C15H24N4O/c1-11(2)17-10-13-4-3-8-18(13)14-15(20)19(9-7-16-14)12-5-6-12/h7,9,11-13,17H,3-6,8,10H2,1-2H3.